The quantitative estimate of drug-likeness (QED) is 0.883. The zero-order chi connectivity index (χ0) is 15.0. The van der Waals surface area contributed by atoms with E-state index in [4.69, 9.17) is 20.8 Å². The molecule has 2 heterocycles. The SMILES string of the molecule is C[C@@H](Cc1coc(Cl)n1)[C@@H]1OC(=O)c2ccccc2[C@@H]1O. The summed E-state index contributed by atoms with van der Waals surface area (Å²) in [5.74, 6) is -0.538. The number of carbonyl (C=O) groups is 1. The standard InChI is InChI=1S/C15H14ClNO4/c1-8(6-9-7-20-15(16)17-9)13-12(18)10-4-2-3-5-11(10)14(19)21-13/h2-5,7-8,12-13,18H,6H2,1H3/t8-,12-,13-/m0/s1. The molecule has 6 heteroatoms. The molecule has 3 atom stereocenters. The van der Waals surface area contributed by atoms with Crippen molar-refractivity contribution >= 4 is 17.6 Å². The monoisotopic (exact) mass is 307 g/mol. The Morgan fingerprint density at radius 3 is 2.90 bits per heavy atom. The predicted molar refractivity (Wildman–Crippen MR) is 75.0 cm³/mol. The van der Waals surface area contributed by atoms with Gasteiger partial charge < -0.3 is 14.3 Å². The lowest BCUT2D eigenvalue weighted by Crippen LogP contribution is -2.37. The molecule has 5 nitrogen and oxygen atoms in total. The fourth-order valence-corrected chi connectivity index (χ4v) is 2.77. The van der Waals surface area contributed by atoms with Gasteiger partial charge in [-0.1, -0.05) is 25.1 Å². The second-order valence-electron chi connectivity index (χ2n) is 5.18. The number of aliphatic hydroxyl groups excluding tert-OH is 1. The van der Waals surface area contributed by atoms with Gasteiger partial charge in [0.15, 0.2) is 0 Å². The lowest BCUT2D eigenvalue weighted by molar-refractivity contribution is -0.0509. The van der Waals surface area contributed by atoms with E-state index in [0.29, 0.717) is 23.2 Å². The van der Waals surface area contributed by atoms with Crippen LogP contribution in [0.25, 0.3) is 0 Å². The zero-order valence-electron chi connectivity index (χ0n) is 11.3. The number of oxazole rings is 1. The lowest BCUT2D eigenvalue weighted by Gasteiger charge is -2.33. The Labute approximate surface area is 126 Å². The van der Waals surface area contributed by atoms with Gasteiger partial charge >= 0.3 is 5.97 Å². The van der Waals surface area contributed by atoms with Crippen LogP contribution in [0.5, 0.6) is 0 Å². The molecule has 0 spiro atoms. The van der Waals surface area contributed by atoms with Crippen LogP contribution in [0, 0.1) is 5.92 Å². The van der Waals surface area contributed by atoms with Crippen molar-refractivity contribution in [2.45, 2.75) is 25.6 Å². The smallest absolute Gasteiger partial charge is 0.338 e. The van der Waals surface area contributed by atoms with Gasteiger partial charge in [0.1, 0.15) is 18.5 Å². The highest BCUT2D eigenvalue weighted by atomic mass is 35.5. The summed E-state index contributed by atoms with van der Waals surface area (Å²) in [4.78, 5) is 16.0. The van der Waals surface area contributed by atoms with Gasteiger partial charge in [-0.3, -0.25) is 0 Å². The van der Waals surface area contributed by atoms with Gasteiger partial charge in [0.2, 0.25) is 0 Å². The minimum atomic E-state index is -0.851. The average molecular weight is 308 g/mol. The van der Waals surface area contributed by atoms with Gasteiger partial charge in [-0.05, 0) is 29.7 Å². The molecule has 0 saturated heterocycles. The molecule has 0 bridgehead atoms. The number of aromatic nitrogens is 1. The van der Waals surface area contributed by atoms with Crippen molar-refractivity contribution in [2.75, 3.05) is 0 Å². The summed E-state index contributed by atoms with van der Waals surface area (Å²) < 4.78 is 10.3. The van der Waals surface area contributed by atoms with Crippen LogP contribution in [-0.4, -0.2) is 22.2 Å². The second kappa shape index (κ2) is 5.50. The zero-order valence-corrected chi connectivity index (χ0v) is 12.1. The van der Waals surface area contributed by atoms with E-state index in [1.54, 1.807) is 24.3 Å². The number of esters is 1. The number of halogens is 1. The molecule has 3 rings (SSSR count). The third kappa shape index (κ3) is 2.66. The van der Waals surface area contributed by atoms with Crippen LogP contribution < -0.4 is 0 Å². The second-order valence-corrected chi connectivity index (χ2v) is 5.50. The van der Waals surface area contributed by atoms with Gasteiger partial charge in [-0.2, -0.15) is 0 Å². The molecule has 0 aliphatic carbocycles. The Morgan fingerprint density at radius 2 is 2.19 bits per heavy atom. The molecule has 0 saturated carbocycles. The lowest BCUT2D eigenvalue weighted by atomic mass is 9.87. The van der Waals surface area contributed by atoms with E-state index in [1.807, 2.05) is 6.92 Å². The number of hydrogen-bond donors (Lipinski definition) is 1. The fraction of sp³-hybridized carbons (Fsp3) is 0.333. The highest BCUT2D eigenvalue weighted by molar-refractivity contribution is 6.27. The molecule has 1 aromatic carbocycles. The number of nitrogens with zero attached hydrogens (tertiary/aromatic N) is 1. The van der Waals surface area contributed by atoms with E-state index >= 15 is 0 Å². The molecule has 21 heavy (non-hydrogen) atoms. The number of hydrogen-bond acceptors (Lipinski definition) is 5. The summed E-state index contributed by atoms with van der Waals surface area (Å²) in [6, 6.07) is 6.93. The van der Waals surface area contributed by atoms with Crippen molar-refractivity contribution in [3.63, 3.8) is 0 Å². The fourth-order valence-electron chi connectivity index (χ4n) is 2.62. The molecule has 0 unspecified atom stereocenters. The molecule has 1 aliphatic rings. The first-order valence-corrected chi connectivity index (χ1v) is 7.02. The predicted octanol–water partition coefficient (Wildman–Crippen LogP) is 2.78. The van der Waals surface area contributed by atoms with Crippen LogP contribution >= 0.6 is 11.6 Å². The van der Waals surface area contributed by atoms with E-state index in [1.165, 1.54) is 6.26 Å². The molecule has 2 aromatic rings. The summed E-state index contributed by atoms with van der Waals surface area (Å²) in [5.41, 5.74) is 1.68. The molecule has 1 aliphatic heterocycles. The third-order valence-electron chi connectivity index (χ3n) is 3.67. The van der Waals surface area contributed by atoms with Crippen LogP contribution in [0.1, 0.15) is 34.6 Å². The third-order valence-corrected chi connectivity index (χ3v) is 3.84. The number of ether oxygens (including phenoxy) is 1. The number of rotatable bonds is 3. The van der Waals surface area contributed by atoms with Crippen molar-refractivity contribution in [3.8, 4) is 0 Å². The molecule has 1 aromatic heterocycles. The number of cyclic esters (lactones) is 1. The maximum atomic E-state index is 12.0. The minimum Gasteiger partial charge on any atom is -0.455 e. The summed E-state index contributed by atoms with van der Waals surface area (Å²) in [7, 11) is 0. The maximum Gasteiger partial charge on any atom is 0.338 e. The summed E-state index contributed by atoms with van der Waals surface area (Å²) in [6.45, 7) is 1.89. The normalized spacial score (nSPS) is 22.5. The number of fused-ring (bicyclic) bond motifs is 1. The number of aliphatic hydroxyl groups is 1. The van der Waals surface area contributed by atoms with Crippen LogP contribution in [0.2, 0.25) is 5.35 Å². The van der Waals surface area contributed by atoms with Crippen molar-refractivity contribution in [1.82, 2.24) is 4.98 Å². The first-order chi connectivity index (χ1) is 10.1. The Balaban J connectivity index is 1.82. The van der Waals surface area contributed by atoms with Gasteiger partial charge in [-0.15, -0.1) is 0 Å². The van der Waals surface area contributed by atoms with Gasteiger partial charge in [0.25, 0.3) is 5.35 Å². The van der Waals surface area contributed by atoms with E-state index in [-0.39, 0.29) is 11.3 Å². The van der Waals surface area contributed by atoms with E-state index in [2.05, 4.69) is 4.98 Å². The Hall–Kier alpha value is -1.85. The Morgan fingerprint density at radius 1 is 1.43 bits per heavy atom. The number of benzene rings is 1. The average Bonchev–Trinajstić information content (AvgIpc) is 2.88. The molecule has 0 amide bonds. The number of carbonyl (C=O) groups excluding carboxylic acids is 1. The molecule has 110 valence electrons. The van der Waals surface area contributed by atoms with Crippen molar-refractivity contribution in [2.24, 2.45) is 5.92 Å². The molecule has 0 fully saturated rings. The van der Waals surface area contributed by atoms with Crippen LogP contribution in [0.4, 0.5) is 0 Å². The Bertz CT molecular complexity index is 669. The summed E-state index contributed by atoms with van der Waals surface area (Å²) >= 11 is 5.64. The highest BCUT2D eigenvalue weighted by Crippen LogP contribution is 2.34. The molecular weight excluding hydrogens is 294 g/mol. The largest absolute Gasteiger partial charge is 0.455 e. The first kappa shape index (κ1) is 14.1. The highest BCUT2D eigenvalue weighted by Gasteiger charge is 2.37. The Kier molecular flexibility index (Phi) is 3.69. The minimum absolute atomic E-state index is 0.0729. The van der Waals surface area contributed by atoms with Crippen molar-refractivity contribution < 1.29 is 19.1 Å². The molecule has 1 N–H and O–H groups in total. The van der Waals surface area contributed by atoms with E-state index < -0.39 is 18.2 Å². The van der Waals surface area contributed by atoms with Crippen molar-refractivity contribution in [3.05, 3.63) is 52.7 Å². The van der Waals surface area contributed by atoms with E-state index in [0.717, 1.165) is 0 Å². The molecular formula is C15H14ClNO4. The topological polar surface area (TPSA) is 72.6 Å². The van der Waals surface area contributed by atoms with E-state index in [9.17, 15) is 9.90 Å². The van der Waals surface area contributed by atoms with Gasteiger partial charge in [-0.25, -0.2) is 9.78 Å². The van der Waals surface area contributed by atoms with Crippen LogP contribution in [0.15, 0.2) is 34.9 Å². The molecule has 0 radical (unpaired) electrons. The van der Waals surface area contributed by atoms with Crippen molar-refractivity contribution in [1.29, 1.82) is 0 Å². The van der Waals surface area contributed by atoms with Gasteiger partial charge in [0, 0.05) is 5.92 Å². The van der Waals surface area contributed by atoms with Gasteiger partial charge in [0.05, 0.1) is 11.3 Å². The van der Waals surface area contributed by atoms with Crippen LogP contribution in [0.3, 0.4) is 0 Å². The van der Waals surface area contributed by atoms with Crippen LogP contribution in [-0.2, 0) is 11.2 Å². The summed E-state index contributed by atoms with van der Waals surface area (Å²) in [6.07, 6.45) is 0.483. The first-order valence-electron chi connectivity index (χ1n) is 6.64. The maximum absolute atomic E-state index is 12.0. The summed E-state index contributed by atoms with van der Waals surface area (Å²) in [5, 5.41) is 10.5.